The minimum Gasteiger partial charge on any atom is -0.348 e. The molecule has 1 aliphatic heterocycles. The van der Waals surface area contributed by atoms with Crippen LogP contribution in [0.2, 0.25) is 0 Å². The van der Waals surface area contributed by atoms with Crippen molar-refractivity contribution in [3.05, 3.63) is 65.2 Å². The van der Waals surface area contributed by atoms with Crippen molar-refractivity contribution in [1.82, 2.24) is 10.2 Å². The van der Waals surface area contributed by atoms with Crippen LogP contribution in [0.4, 0.5) is 5.69 Å². The van der Waals surface area contributed by atoms with Crippen LogP contribution in [0.15, 0.2) is 48.5 Å². The monoisotopic (exact) mass is 415 g/mol. The zero-order valence-electron chi connectivity index (χ0n) is 17.1. The van der Waals surface area contributed by atoms with Gasteiger partial charge in [0.1, 0.15) is 0 Å². The normalized spacial score (nSPS) is 14.7. The first-order valence-electron chi connectivity index (χ1n) is 10.0. The third kappa shape index (κ3) is 5.36. The molecule has 0 unspecified atom stereocenters. The predicted octanol–water partition coefficient (Wildman–Crippen LogP) is 3.00. The van der Waals surface area contributed by atoms with E-state index in [1.54, 1.807) is 31.2 Å². The van der Waals surface area contributed by atoms with Gasteiger partial charge in [-0.1, -0.05) is 24.3 Å². The van der Waals surface area contributed by atoms with Gasteiger partial charge >= 0.3 is 0 Å². The van der Waals surface area contributed by atoms with Gasteiger partial charge < -0.3 is 5.32 Å². The summed E-state index contributed by atoms with van der Waals surface area (Å²) in [5.41, 5.74) is 3.42. The fourth-order valence-electron chi connectivity index (χ4n) is 3.52. The number of hydrogen-bond acceptors (Lipinski definition) is 4. The van der Waals surface area contributed by atoms with Crippen molar-refractivity contribution in [3.8, 4) is 0 Å². The number of anilines is 1. The molecule has 0 aromatic heterocycles. The molecule has 29 heavy (non-hydrogen) atoms. The SMILES string of the molecule is CCS(=O)(=O)N(C)c1ccc(C(=O)NCc2ccccc2CN2CCCC2)cc1. The van der Waals surface area contributed by atoms with Gasteiger partial charge in [-0.15, -0.1) is 0 Å². The van der Waals surface area contributed by atoms with Crippen molar-refractivity contribution < 1.29 is 13.2 Å². The van der Waals surface area contributed by atoms with Crippen LogP contribution in [-0.2, 0) is 23.1 Å². The zero-order valence-corrected chi connectivity index (χ0v) is 17.9. The van der Waals surface area contributed by atoms with Crippen LogP contribution in [0.25, 0.3) is 0 Å². The van der Waals surface area contributed by atoms with Gasteiger partial charge in [-0.05, 0) is 68.2 Å². The van der Waals surface area contributed by atoms with Crippen molar-refractivity contribution in [2.75, 3.05) is 30.2 Å². The molecular formula is C22H29N3O3S. The maximum absolute atomic E-state index is 12.6. The first-order chi connectivity index (χ1) is 13.9. The molecule has 0 radical (unpaired) electrons. The molecule has 0 saturated carbocycles. The van der Waals surface area contributed by atoms with Gasteiger partial charge in [-0.2, -0.15) is 0 Å². The molecule has 0 aliphatic carbocycles. The Morgan fingerprint density at radius 2 is 1.66 bits per heavy atom. The van der Waals surface area contributed by atoms with E-state index in [0.717, 1.165) is 25.2 Å². The van der Waals surface area contributed by atoms with Crippen LogP contribution in [0.1, 0.15) is 41.3 Å². The molecular weight excluding hydrogens is 386 g/mol. The van der Waals surface area contributed by atoms with Gasteiger partial charge in [0, 0.05) is 25.7 Å². The van der Waals surface area contributed by atoms with Gasteiger partial charge in [0.15, 0.2) is 0 Å². The average Bonchev–Trinajstić information content (AvgIpc) is 3.25. The van der Waals surface area contributed by atoms with Crippen molar-refractivity contribution in [2.45, 2.75) is 32.9 Å². The molecule has 1 N–H and O–H groups in total. The van der Waals surface area contributed by atoms with Crippen LogP contribution in [0, 0.1) is 0 Å². The molecule has 2 aromatic carbocycles. The molecule has 0 bridgehead atoms. The molecule has 6 nitrogen and oxygen atoms in total. The Hall–Kier alpha value is -2.38. The number of sulfonamides is 1. The Labute approximate surface area is 173 Å². The lowest BCUT2D eigenvalue weighted by atomic mass is 10.1. The summed E-state index contributed by atoms with van der Waals surface area (Å²) >= 11 is 0. The van der Waals surface area contributed by atoms with Crippen LogP contribution in [-0.4, -0.2) is 45.1 Å². The van der Waals surface area contributed by atoms with Gasteiger partial charge in [-0.3, -0.25) is 14.0 Å². The van der Waals surface area contributed by atoms with Crippen molar-refractivity contribution in [1.29, 1.82) is 0 Å². The molecule has 1 aliphatic rings. The van der Waals surface area contributed by atoms with Gasteiger partial charge in [0.2, 0.25) is 10.0 Å². The molecule has 0 atom stereocenters. The summed E-state index contributed by atoms with van der Waals surface area (Å²) in [6, 6.07) is 14.8. The number of rotatable bonds is 8. The lowest BCUT2D eigenvalue weighted by Gasteiger charge is -2.19. The van der Waals surface area contributed by atoms with Gasteiger partial charge in [0.25, 0.3) is 5.91 Å². The van der Waals surface area contributed by atoms with E-state index in [4.69, 9.17) is 0 Å². The Morgan fingerprint density at radius 3 is 2.28 bits per heavy atom. The van der Waals surface area contributed by atoms with E-state index in [0.29, 0.717) is 17.8 Å². The van der Waals surface area contributed by atoms with Crippen LogP contribution in [0.3, 0.4) is 0 Å². The molecule has 2 aromatic rings. The van der Waals surface area contributed by atoms with Crippen LogP contribution in [0.5, 0.6) is 0 Å². The molecule has 1 saturated heterocycles. The minimum atomic E-state index is -3.32. The number of carbonyl (C=O) groups excluding carboxylic acids is 1. The number of nitrogens with one attached hydrogen (secondary N) is 1. The predicted molar refractivity (Wildman–Crippen MR) is 116 cm³/mol. The molecule has 1 fully saturated rings. The minimum absolute atomic E-state index is 0.0303. The number of carbonyl (C=O) groups is 1. The van der Waals surface area contributed by atoms with Crippen molar-refractivity contribution in [3.63, 3.8) is 0 Å². The fraction of sp³-hybridized carbons (Fsp3) is 0.409. The molecule has 156 valence electrons. The maximum Gasteiger partial charge on any atom is 0.251 e. The summed E-state index contributed by atoms with van der Waals surface area (Å²) in [5.74, 6) is -0.142. The largest absolute Gasteiger partial charge is 0.348 e. The molecule has 1 heterocycles. The summed E-state index contributed by atoms with van der Waals surface area (Å²) < 4.78 is 25.2. The van der Waals surface area contributed by atoms with E-state index in [-0.39, 0.29) is 11.7 Å². The van der Waals surface area contributed by atoms with Crippen molar-refractivity contribution in [2.24, 2.45) is 0 Å². The summed E-state index contributed by atoms with van der Waals surface area (Å²) in [5, 5.41) is 2.98. The lowest BCUT2D eigenvalue weighted by molar-refractivity contribution is 0.0951. The average molecular weight is 416 g/mol. The molecule has 3 rings (SSSR count). The molecule has 0 spiro atoms. The van der Waals surface area contributed by atoms with E-state index in [1.807, 2.05) is 12.1 Å². The highest BCUT2D eigenvalue weighted by Gasteiger charge is 2.17. The quantitative estimate of drug-likeness (QED) is 0.720. The third-order valence-electron chi connectivity index (χ3n) is 5.43. The number of hydrogen-bond donors (Lipinski definition) is 1. The standard InChI is InChI=1S/C22H29N3O3S/c1-3-29(27,28)24(2)21-12-10-18(11-13-21)22(26)23-16-19-8-4-5-9-20(19)17-25-14-6-7-15-25/h4-5,8-13H,3,6-7,14-17H2,1-2H3,(H,23,26). The van der Waals surface area contributed by atoms with E-state index in [9.17, 15) is 13.2 Å². The third-order valence-corrected chi connectivity index (χ3v) is 7.20. The first kappa shape index (κ1) is 21.3. The lowest BCUT2D eigenvalue weighted by Crippen LogP contribution is -2.28. The van der Waals surface area contributed by atoms with Crippen molar-refractivity contribution >= 4 is 21.6 Å². The highest BCUT2D eigenvalue weighted by Crippen LogP contribution is 2.18. The second-order valence-corrected chi connectivity index (χ2v) is 9.64. The smallest absolute Gasteiger partial charge is 0.251 e. The zero-order chi connectivity index (χ0) is 20.9. The maximum atomic E-state index is 12.6. The first-order valence-corrected chi connectivity index (χ1v) is 11.7. The van der Waals surface area contributed by atoms with E-state index in [1.165, 1.54) is 29.8 Å². The topological polar surface area (TPSA) is 69.7 Å². The summed E-state index contributed by atoms with van der Waals surface area (Å²) in [4.78, 5) is 15.0. The van der Waals surface area contributed by atoms with Gasteiger partial charge in [0.05, 0.1) is 11.4 Å². The Kier molecular flexibility index (Phi) is 6.92. The summed E-state index contributed by atoms with van der Waals surface area (Å²) in [7, 11) is -1.80. The Bertz CT molecular complexity index is 936. The van der Waals surface area contributed by atoms with E-state index >= 15 is 0 Å². The second-order valence-electron chi connectivity index (χ2n) is 7.35. The fourth-order valence-corrected chi connectivity index (χ4v) is 4.35. The van der Waals surface area contributed by atoms with E-state index in [2.05, 4.69) is 22.3 Å². The van der Waals surface area contributed by atoms with E-state index < -0.39 is 10.0 Å². The Morgan fingerprint density at radius 1 is 1.03 bits per heavy atom. The summed E-state index contributed by atoms with van der Waals surface area (Å²) in [6.45, 7) is 5.26. The molecule has 1 amide bonds. The number of likely N-dealkylation sites (tertiary alicyclic amines) is 1. The van der Waals surface area contributed by atoms with Crippen LogP contribution >= 0.6 is 0 Å². The molecule has 7 heteroatoms. The van der Waals surface area contributed by atoms with Crippen LogP contribution < -0.4 is 9.62 Å². The number of nitrogens with zero attached hydrogens (tertiary/aromatic N) is 2. The Balaban J connectivity index is 1.63. The number of amides is 1. The van der Waals surface area contributed by atoms with Gasteiger partial charge in [-0.25, -0.2) is 8.42 Å². The summed E-state index contributed by atoms with van der Waals surface area (Å²) in [6.07, 6.45) is 2.51. The highest BCUT2D eigenvalue weighted by atomic mass is 32.2. The highest BCUT2D eigenvalue weighted by molar-refractivity contribution is 7.92. The number of benzene rings is 2. The second kappa shape index (κ2) is 9.41.